The van der Waals surface area contributed by atoms with Gasteiger partial charge in [-0.25, -0.2) is 0 Å². The maximum absolute atomic E-state index is 11.1. The van der Waals surface area contributed by atoms with Crippen LogP contribution in [0, 0.1) is 0 Å². The van der Waals surface area contributed by atoms with Crippen molar-refractivity contribution >= 4 is 46.3 Å². The summed E-state index contributed by atoms with van der Waals surface area (Å²) in [5.41, 5.74) is 0. The first-order valence-corrected chi connectivity index (χ1v) is 9.12. The van der Waals surface area contributed by atoms with Gasteiger partial charge in [0, 0.05) is 4.47 Å². The highest BCUT2D eigenvalue weighted by Gasteiger charge is 2.34. The fourth-order valence-electron chi connectivity index (χ4n) is 1.21. The average molecular weight is 397 g/mol. The zero-order valence-electron chi connectivity index (χ0n) is 8.55. The molecule has 0 spiro atoms. The van der Waals surface area contributed by atoms with Gasteiger partial charge in [-0.3, -0.25) is 13.7 Å². The summed E-state index contributed by atoms with van der Waals surface area (Å²) < 4.78 is 92.4. The molecule has 1 aromatic carbocycles. The SMILES string of the molecule is O=S(=O)(O)c1ccc(Br)c(S(=O)(=O)O)c1S(=O)(=O)O. The van der Waals surface area contributed by atoms with Crippen LogP contribution in [0.1, 0.15) is 0 Å². The molecule has 0 bridgehead atoms. The average Bonchev–Trinajstić information content (AvgIpc) is 2.11. The molecule has 0 unspecified atom stereocenters. The summed E-state index contributed by atoms with van der Waals surface area (Å²) in [5.74, 6) is 0. The lowest BCUT2D eigenvalue weighted by atomic mass is 10.4. The molecule has 0 saturated carbocycles. The van der Waals surface area contributed by atoms with Gasteiger partial charge in [-0.15, -0.1) is 0 Å². The van der Waals surface area contributed by atoms with E-state index in [0.29, 0.717) is 6.07 Å². The Hall–Kier alpha value is -0.570. The summed E-state index contributed by atoms with van der Waals surface area (Å²) in [6.07, 6.45) is 0. The Bertz CT molecular complexity index is 834. The molecule has 0 fully saturated rings. The van der Waals surface area contributed by atoms with Crippen LogP contribution in [0.2, 0.25) is 0 Å². The van der Waals surface area contributed by atoms with Crippen molar-refractivity contribution in [2.24, 2.45) is 0 Å². The van der Waals surface area contributed by atoms with Gasteiger partial charge in [0.2, 0.25) is 0 Å². The number of hydrogen-bond acceptors (Lipinski definition) is 6. The predicted octanol–water partition coefficient (Wildman–Crippen LogP) is 0.189. The third-order valence-corrected chi connectivity index (χ3v) is 5.78. The van der Waals surface area contributed by atoms with Gasteiger partial charge < -0.3 is 0 Å². The Morgan fingerprint density at radius 2 is 1.16 bits per heavy atom. The Morgan fingerprint density at radius 3 is 1.47 bits per heavy atom. The maximum Gasteiger partial charge on any atom is 0.297 e. The van der Waals surface area contributed by atoms with Crippen LogP contribution in [0.5, 0.6) is 0 Å². The van der Waals surface area contributed by atoms with Gasteiger partial charge in [-0.05, 0) is 28.1 Å². The standard InChI is InChI=1S/C6H5BrO9S3/c7-3-1-2-4(17(8,9)10)6(19(14,15)16)5(3)18(11,12)13/h1-2H,(H,8,9,10)(H,11,12,13)(H,14,15,16). The van der Waals surface area contributed by atoms with Crippen molar-refractivity contribution in [1.29, 1.82) is 0 Å². The summed E-state index contributed by atoms with van der Waals surface area (Å²) >= 11 is 2.59. The van der Waals surface area contributed by atoms with Crippen molar-refractivity contribution in [3.8, 4) is 0 Å². The molecule has 0 heterocycles. The maximum atomic E-state index is 11.1. The van der Waals surface area contributed by atoms with Crippen LogP contribution in [0.4, 0.5) is 0 Å². The lowest BCUT2D eigenvalue weighted by Crippen LogP contribution is -2.14. The number of benzene rings is 1. The molecule has 0 saturated heterocycles. The second-order valence-electron chi connectivity index (χ2n) is 3.13. The van der Waals surface area contributed by atoms with Crippen molar-refractivity contribution in [2.75, 3.05) is 0 Å². The molecule has 1 rings (SSSR count). The molecule has 3 N–H and O–H groups in total. The van der Waals surface area contributed by atoms with E-state index in [9.17, 15) is 25.3 Å². The van der Waals surface area contributed by atoms with Gasteiger partial charge in [0.15, 0.2) is 0 Å². The molecular formula is C6H5BrO9S3. The molecular weight excluding hydrogens is 392 g/mol. The molecule has 13 heteroatoms. The minimum atomic E-state index is -5.36. The van der Waals surface area contributed by atoms with Crippen LogP contribution in [-0.2, 0) is 30.4 Å². The Morgan fingerprint density at radius 1 is 0.737 bits per heavy atom. The van der Waals surface area contributed by atoms with E-state index >= 15 is 0 Å². The first-order valence-electron chi connectivity index (χ1n) is 4.01. The summed E-state index contributed by atoms with van der Waals surface area (Å²) in [4.78, 5) is -4.43. The summed E-state index contributed by atoms with van der Waals surface area (Å²) in [5, 5.41) is 0. The normalized spacial score (nSPS) is 13.5. The molecule has 0 aliphatic carbocycles. The van der Waals surface area contributed by atoms with Crippen LogP contribution >= 0.6 is 15.9 Å². The van der Waals surface area contributed by atoms with Crippen LogP contribution < -0.4 is 0 Å². The zero-order valence-corrected chi connectivity index (χ0v) is 12.6. The first kappa shape index (κ1) is 16.5. The Labute approximate surface area is 116 Å². The van der Waals surface area contributed by atoms with Crippen molar-refractivity contribution in [1.82, 2.24) is 0 Å². The molecule has 1 aromatic rings. The van der Waals surface area contributed by atoms with Crippen LogP contribution in [0.3, 0.4) is 0 Å². The van der Waals surface area contributed by atoms with Crippen molar-refractivity contribution in [3.63, 3.8) is 0 Å². The van der Waals surface area contributed by atoms with Crippen LogP contribution in [0.15, 0.2) is 31.3 Å². The second-order valence-corrected chi connectivity index (χ2v) is 8.09. The monoisotopic (exact) mass is 396 g/mol. The largest absolute Gasteiger partial charge is 0.297 e. The van der Waals surface area contributed by atoms with Gasteiger partial charge in [0.25, 0.3) is 30.4 Å². The van der Waals surface area contributed by atoms with Gasteiger partial charge in [0.1, 0.15) is 14.7 Å². The quantitative estimate of drug-likeness (QED) is 0.604. The van der Waals surface area contributed by atoms with E-state index in [-0.39, 0.29) is 0 Å². The molecule has 0 amide bonds. The molecule has 108 valence electrons. The van der Waals surface area contributed by atoms with Crippen molar-refractivity contribution in [2.45, 2.75) is 14.7 Å². The summed E-state index contributed by atoms with van der Waals surface area (Å²) in [6, 6.07) is 1.30. The highest BCUT2D eigenvalue weighted by Crippen LogP contribution is 2.33. The Kier molecular flexibility index (Phi) is 4.13. The van der Waals surface area contributed by atoms with Crippen LogP contribution in [0.25, 0.3) is 0 Å². The number of halogens is 1. The third-order valence-electron chi connectivity index (χ3n) is 1.82. The van der Waals surface area contributed by atoms with E-state index in [1.807, 2.05) is 0 Å². The molecule has 19 heavy (non-hydrogen) atoms. The second kappa shape index (κ2) is 4.76. The molecule has 0 radical (unpaired) electrons. The lowest BCUT2D eigenvalue weighted by molar-refractivity contribution is 0.455. The molecule has 0 aliphatic heterocycles. The van der Waals surface area contributed by atoms with E-state index in [2.05, 4.69) is 15.9 Å². The first-order chi connectivity index (χ1) is 8.26. The zero-order chi connectivity index (χ0) is 15.2. The highest BCUT2D eigenvalue weighted by atomic mass is 79.9. The van der Waals surface area contributed by atoms with Crippen molar-refractivity contribution < 1.29 is 38.9 Å². The van der Waals surface area contributed by atoms with E-state index in [1.165, 1.54) is 0 Å². The predicted molar refractivity (Wildman–Crippen MR) is 63.6 cm³/mol. The summed E-state index contributed by atoms with van der Waals surface area (Å²) in [7, 11) is -15.7. The summed E-state index contributed by atoms with van der Waals surface area (Å²) in [6.45, 7) is 0. The molecule has 9 nitrogen and oxygen atoms in total. The third kappa shape index (κ3) is 3.50. The Balaban J connectivity index is 4.18. The number of hydrogen-bond donors (Lipinski definition) is 3. The highest BCUT2D eigenvalue weighted by molar-refractivity contribution is 9.10. The van der Waals surface area contributed by atoms with Crippen molar-refractivity contribution in [3.05, 3.63) is 16.6 Å². The minimum absolute atomic E-state index is 0.518. The fraction of sp³-hybridized carbons (Fsp3) is 0. The van der Waals surface area contributed by atoms with Gasteiger partial charge in [0.05, 0.1) is 0 Å². The van der Waals surface area contributed by atoms with E-state index in [1.54, 1.807) is 0 Å². The lowest BCUT2D eigenvalue weighted by Gasteiger charge is -2.10. The smallest absolute Gasteiger partial charge is 0.282 e. The van der Waals surface area contributed by atoms with E-state index < -0.39 is 49.5 Å². The topological polar surface area (TPSA) is 163 Å². The van der Waals surface area contributed by atoms with Gasteiger partial charge in [-0.1, -0.05) is 0 Å². The van der Waals surface area contributed by atoms with Gasteiger partial charge in [-0.2, -0.15) is 25.3 Å². The van der Waals surface area contributed by atoms with E-state index in [4.69, 9.17) is 13.7 Å². The molecule has 0 atom stereocenters. The fourth-order valence-corrected chi connectivity index (χ4v) is 5.51. The number of rotatable bonds is 3. The van der Waals surface area contributed by atoms with E-state index in [0.717, 1.165) is 6.07 Å². The molecule has 0 aromatic heterocycles. The molecule has 0 aliphatic rings. The van der Waals surface area contributed by atoms with Gasteiger partial charge >= 0.3 is 0 Å². The minimum Gasteiger partial charge on any atom is -0.282 e. The van der Waals surface area contributed by atoms with Crippen LogP contribution in [-0.4, -0.2) is 38.9 Å².